The van der Waals surface area contributed by atoms with Crippen LogP contribution in [-0.4, -0.2) is 12.5 Å². The molecular weight excluding hydrogens is 587 g/mol. The van der Waals surface area contributed by atoms with Crippen LogP contribution in [0.1, 0.15) is 48.8 Å². The van der Waals surface area contributed by atoms with Gasteiger partial charge in [0.2, 0.25) is 5.91 Å². The van der Waals surface area contributed by atoms with E-state index in [1.54, 1.807) is 24.3 Å². The third kappa shape index (κ3) is 7.54. The Morgan fingerprint density at radius 3 is 2.29 bits per heavy atom. The summed E-state index contributed by atoms with van der Waals surface area (Å²) in [6.45, 7) is -0.0968. The molecule has 1 aliphatic rings. The lowest BCUT2D eigenvalue weighted by molar-refractivity contribution is -0.134. The number of nitrogens with zero attached hydrogens (tertiary/aromatic N) is 1. The first kappa shape index (κ1) is 30.1. The summed E-state index contributed by atoms with van der Waals surface area (Å²) in [6.07, 6.45) is 5.59. The maximum absolute atomic E-state index is 12.9. The van der Waals surface area contributed by atoms with Crippen LogP contribution in [-0.2, 0) is 21.6 Å². The number of hydrogen-bond acceptors (Lipinski definition) is 3. The molecule has 5 rings (SSSR count). The smallest absolute Gasteiger partial charge is 0.250 e. The molecule has 1 fully saturated rings. The summed E-state index contributed by atoms with van der Waals surface area (Å²) in [5.74, 6) is 0.284. The Morgan fingerprint density at radius 2 is 1.60 bits per heavy atom. The third-order valence-corrected chi connectivity index (χ3v) is 8.86. The molecule has 1 saturated carbocycles. The SMILES string of the molecule is N#Cc1cccc(-c2ccc(C3(OCC(=O)Nc4cc(Cl)cc(Cl)c4)CCC(CCc4ccccc4Cl)CC3)cc2)c1. The highest BCUT2D eigenvalue weighted by atomic mass is 35.5. The van der Waals surface area contributed by atoms with Gasteiger partial charge in [0, 0.05) is 20.8 Å². The van der Waals surface area contributed by atoms with Crippen molar-refractivity contribution in [3.05, 3.63) is 123 Å². The van der Waals surface area contributed by atoms with E-state index in [1.165, 1.54) is 5.56 Å². The number of carbonyl (C=O) groups excluding carboxylic acids is 1. The Bertz CT molecular complexity index is 1570. The minimum Gasteiger partial charge on any atom is -0.360 e. The number of nitrogens with one attached hydrogen (secondary N) is 1. The Labute approximate surface area is 262 Å². The van der Waals surface area contributed by atoms with Gasteiger partial charge in [-0.1, -0.05) is 89.4 Å². The molecule has 0 spiro atoms. The van der Waals surface area contributed by atoms with Gasteiger partial charge in [0.05, 0.1) is 17.2 Å². The van der Waals surface area contributed by atoms with Crippen molar-refractivity contribution in [2.24, 2.45) is 5.92 Å². The summed E-state index contributed by atoms with van der Waals surface area (Å²) < 4.78 is 6.52. The molecule has 214 valence electrons. The number of anilines is 1. The van der Waals surface area contributed by atoms with E-state index in [-0.39, 0.29) is 12.5 Å². The first-order valence-electron chi connectivity index (χ1n) is 14.1. The second-order valence-electron chi connectivity index (χ2n) is 10.8. The Kier molecular flexibility index (Phi) is 9.88. The van der Waals surface area contributed by atoms with Crippen molar-refractivity contribution in [3.63, 3.8) is 0 Å². The summed E-state index contributed by atoms with van der Waals surface area (Å²) in [6, 6.07) is 31.1. The van der Waals surface area contributed by atoms with E-state index >= 15 is 0 Å². The Morgan fingerprint density at radius 1 is 0.881 bits per heavy atom. The summed E-state index contributed by atoms with van der Waals surface area (Å²) in [4.78, 5) is 12.9. The van der Waals surface area contributed by atoms with Crippen molar-refractivity contribution in [3.8, 4) is 17.2 Å². The number of amides is 1. The third-order valence-electron chi connectivity index (χ3n) is 8.05. The van der Waals surface area contributed by atoms with Gasteiger partial charge in [-0.05, 0) is 103 Å². The molecule has 0 aliphatic heterocycles. The van der Waals surface area contributed by atoms with Crippen LogP contribution in [0, 0.1) is 17.2 Å². The van der Waals surface area contributed by atoms with Crippen molar-refractivity contribution in [2.75, 3.05) is 11.9 Å². The second kappa shape index (κ2) is 13.8. The normalized spacial score (nSPS) is 18.3. The van der Waals surface area contributed by atoms with Crippen LogP contribution in [0.15, 0.2) is 91.0 Å². The fourth-order valence-corrected chi connectivity index (χ4v) is 6.53. The van der Waals surface area contributed by atoms with Gasteiger partial charge in [-0.2, -0.15) is 5.26 Å². The van der Waals surface area contributed by atoms with Crippen LogP contribution < -0.4 is 5.32 Å². The number of carbonyl (C=O) groups is 1. The van der Waals surface area contributed by atoms with Gasteiger partial charge in [0.15, 0.2) is 0 Å². The molecule has 0 heterocycles. The lowest BCUT2D eigenvalue weighted by Crippen LogP contribution is -2.37. The molecule has 1 N–H and O–H groups in total. The minimum atomic E-state index is -0.586. The zero-order valence-electron chi connectivity index (χ0n) is 23.1. The highest BCUT2D eigenvalue weighted by molar-refractivity contribution is 6.35. The molecule has 0 bridgehead atoms. The molecule has 0 saturated heterocycles. The van der Waals surface area contributed by atoms with E-state index in [0.717, 1.165) is 60.2 Å². The highest BCUT2D eigenvalue weighted by Gasteiger charge is 2.38. The second-order valence-corrected chi connectivity index (χ2v) is 12.1. The molecule has 4 nitrogen and oxygen atoms in total. The quantitative estimate of drug-likeness (QED) is 0.203. The molecular formula is C35H31Cl3N2O2. The van der Waals surface area contributed by atoms with E-state index in [4.69, 9.17) is 39.5 Å². The molecule has 42 heavy (non-hydrogen) atoms. The molecule has 4 aromatic carbocycles. The summed E-state index contributed by atoms with van der Waals surface area (Å²) in [7, 11) is 0. The molecule has 7 heteroatoms. The maximum Gasteiger partial charge on any atom is 0.250 e. The van der Waals surface area contributed by atoms with Gasteiger partial charge in [0.1, 0.15) is 6.61 Å². The number of halogens is 3. The van der Waals surface area contributed by atoms with E-state index in [1.807, 2.05) is 36.4 Å². The van der Waals surface area contributed by atoms with E-state index < -0.39 is 5.60 Å². The van der Waals surface area contributed by atoms with Gasteiger partial charge in [0.25, 0.3) is 0 Å². The Hall–Kier alpha value is -3.33. The van der Waals surface area contributed by atoms with Crippen molar-refractivity contribution in [1.29, 1.82) is 5.26 Å². The van der Waals surface area contributed by atoms with E-state index in [9.17, 15) is 10.1 Å². The van der Waals surface area contributed by atoms with Gasteiger partial charge in [-0.25, -0.2) is 0 Å². The first-order valence-corrected chi connectivity index (χ1v) is 15.2. The van der Waals surface area contributed by atoms with Gasteiger partial charge in [-0.3, -0.25) is 4.79 Å². The van der Waals surface area contributed by atoms with Crippen LogP contribution in [0.5, 0.6) is 0 Å². The van der Waals surface area contributed by atoms with Crippen molar-refractivity contribution < 1.29 is 9.53 Å². The molecule has 1 aliphatic carbocycles. The molecule has 0 aromatic heterocycles. The monoisotopic (exact) mass is 616 g/mol. The van der Waals surface area contributed by atoms with Gasteiger partial charge >= 0.3 is 0 Å². The summed E-state index contributed by atoms with van der Waals surface area (Å²) in [5.41, 5.74) is 4.80. The van der Waals surface area contributed by atoms with E-state index in [0.29, 0.717) is 27.2 Å². The number of nitriles is 1. The largest absolute Gasteiger partial charge is 0.360 e. The zero-order chi connectivity index (χ0) is 29.5. The number of hydrogen-bond donors (Lipinski definition) is 1. The number of rotatable bonds is 9. The standard InChI is InChI=1S/C35H31Cl3N2O2/c36-30-19-31(37)21-32(20-30)40-34(41)23-42-35(16-14-24(15-17-35)8-9-27-5-1-2-7-33(27)38)29-12-10-26(11-13-29)28-6-3-4-25(18-28)22-39/h1-7,10-13,18-21,24H,8-9,14-17,23H2,(H,40,41). The minimum absolute atomic E-state index is 0.0968. The predicted molar refractivity (Wildman–Crippen MR) is 171 cm³/mol. The maximum atomic E-state index is 12.9. The lowest BCUT2D eigenvalue weighted by Gasteiger charge is -2.40. The van der Waals surface area contributed by atoms with E-state index in [2.05, 4.69) is 41.7 Å². The fraction of sp³-hybridized carbons (Fsp3) is 0.257. The van der Waals surface area contributed by atoms with Crippen LogP contribution in [0.2, 0.25) is 15.1 Å². The zero-order valence-corrected chi connectivity index (χ0v) is 25.4. The Balaban J connectivity index is 1.31. The van der Waals surface area contributed by atoms with Crippen LogP contribution in [0.25, 0.3) is 11.1 Å². The van der Waals surface area contributed by atoms with Gasteiger partial charge < -0.3 is 10.1 Å². The van der Waals surface area contributed by atoms with Crippen LogP contribution >= 0.6 is 34.8 Å². The molecule has 0 radical (unpaired) electrons. The lowest BCUT2D eigenvalue weighted by atomic mass is 9.73. The van der Waals surface area contributed by atoms with Crippen molar-refractivity contribution >= 4 is 46.4 Å². The van der Waals surface area contributed by atoms with Gasteiger partial charge in [-0.15, -0.1) is 0 Å². The number of ether oxygens (including phenoxy) is 1. The molecule has 0 atom stereocenters. The summed E-state index contributed by atoms with van der Waals surface area (Å²) >= 11 is 18.6. The molecule has 4 aromatic rings. The topological polar surface area (TPSA) is 62.1 Å². The van der Waals surface area contributed by atoms with Crippen LogP contribution in [0.3, 0.4) is 0 Å². The van der Waals surface area contributed by atoms with Crippen molar-refractivity contribution in [1.82, 2.24) is 0 Å². The average molecular weight is 618 g/mol. The molecule has 1 amide bonds. The molecule has 0 unspecified atom stereocenters. The predicted octanol–water partition coefficient (Wildman–Crippen LogP) is 9.86. The number of benzene rings is 4. The summed E-state index contributed by atoms with van der Waals surface area (Å²) in [5, 5.41) is 13.9. The van der Waals surface area contributed by atoms with Crippen LogP contribution in [0.4, 0.5) is 5.69 Å². The first-order chi connectivity index (χ1) is 20.3. The fourth-order valence-electron chi connectivity index (χ4n) is 5.77. The van der Waals surface area contributed by atoms with Crippen molar-refractivity contribution in [2.45, 2.75) is 44.1 Å². The average Bonchev–Trinajstić information content (AvgIpc) is 3.00. The highest BCUT2D eigenvalue weighted by Crippen LogP contribution is 2.44. The number of aryl methyl sites for hydroxylation is 1.